The maximum Gasteiger partial charge on any atom is 0.120 e. The van der Waals surface area contributed by atoms with Crippen LogP contribution in [-0.4, -0.2) is 12.2 Å². The van der Waals surface area contributed by atoms with Crippen molar-refractivity contribution >= 4 is 0 Å². The summed E-state index contributed by atoms with van der Waals surface area (Å²) in [7, 11) is 1.67. The van der Waals surface area contributed by atoms with Crippen LogP contribution in [0.5, 0.6) is 11.5 Å². The minimum Gasteiger partial charge on any atom is -0.508 e. The van der Waals surface area contributed by atoms with E-state index in [0.29, 0.717) is 5.75 Å². The van der Waals surface area contributed by atoms with E-state index in [2.05, 4.69) is 11.4 Å². The summed E-state index contributed by atoms with van der Waals surface area (Å²) in [5.41, 5.74) is 3.13. The number of ether oxygens (including phenoxy) is 1. The molecule has 2 aromatic carbocycles. The van der Waals surface area contributed by atoms with Gasteiger partial charge in [-0.25, -0.2) is 0 Å². The molecular weight excluding hydrogens is 250 g/mol. The molecule has 0 fully saturated rings. The van der Waals surface area contributed by atoms with Crippen LogP contribution in [0.2, 0.25) is 0 Å². The van der Waals surface area contributed by atoms with E-state index in [1.807, 2.05) is 44.2 Å². The number of nitrogens with one attached hydrogen (secondary N) is 1. The Morgan fingerprint density at radius 3 is 2.70 bits per heavy atom. The van der Waals surface area contributed by atoms with Crippen molar-refractivity contribution in [3.63, 3.8) is 0 Å². The molecule has 1 atom stereocenters. The molecule has 0 aliphatic heterocycles. The third-order valence-electron chi connectivity index (χ3n) is 3.40. The molecule has 2 rings (SSSR count). The fraction of sp³-hybridized carbons (Fsp3) is 0.294. The number of aromatic hydroxyl groups is 1. The number of phenolic OH excluding ortho intramolecular Hbond substituents is 1. The average molecular weight is 271 g/mol. The summed E-state index contributed by atoms with van der Waals surface area (Å²) in [6.07, 6.45) is 0. The van der Waals surface area contributed by atoms with E-state index in [9.17, 15) is 5.11 Å². The molecule has 1 unspecified atom stereocenters. The Labute approximate surface area is 120 Å². The standard InChI is InChI=1S/C17H21NO2/c1-12-7-8-16(17(19)9-12)13(2)18-11-14-5-4-6-15(10-14)20-3/h4-10,13,18-19H,11H2,1-3H3. The van der Waals surface area contributed by atoms with Crippen molar-refractivity contribution < 1.29 is 9.84 Å². The van der Waals surface area contributed by atoms with Crippen LogP contribution in [0.1, 0.15) is 29.7 Å². The summed E-state index contributed by atoms with van der Waals surface area (Å²) < 4.78 is 5.21. The zero-order chi connectivity index (χ0) is 14.5. The summed E-state index contributed by atoms with van der Waals surface area (Å²) in [6.45, 7) is 4.74. The highest BCUT2D eigenvalue weighted by Gasteiger charge is 2.09. The van der Waals surface area contributed by atoms with Gasteiger partial charge < -0.3 is 15.2 Å². The Hall–Kier alpha value is -2.00. The van der Waals surface area contributed by atoms with E-state index < -0.39 is 0 Å². The third-order valence-corrected chi connectivity index (χ3v) is 3.40. The lowest BCUT2D eigenvalue weighted by Gasteiger charge is -2.16. The number of benzene rings is 2. The van der Waals surface area contributed by atoms with Crippen LogP contribution in [0.4, 0.5) is 0 Å². The molecule has 0 heterocycles. The highest BCUT2D eigenvalue weighted by molar-refractivity contribution is 5.38. The predicted octanol–water partition coefficient (Wildman–Crippen LogP) is 3.56. The van der Waals surface area contributed by atoms with Crippen molar-refractivity contribution in [3.8, 4) is 11.5 Å². The summed E-state index contributed by atoms with van der Waals surface area (Å²) >= 11 is 0. The molecule has 0 spiro atoms. The summed E-state index contributed by atoms with van der Waals surface area (Å²) in [5.74, 6) is 1.20. The van der Waals surface area contributed by atoms with Gasteiger partial charge in [-0.15, -0.1) is 0 Å². The smallest absolute Gasteiger partial charge is 0.120 e. The summed E-state index contributed by atoms with van der Waals surface area (Å²) in [5, 5.41) is 13.4. The van der Waals surface area contributed by atoms with Crippen LogP contribution in [0.15, 0.2) is 42.5 Å². The fourth-order valence-electron chi connectivity index (χ4n) is 2.18. The van der Waals surface area contributed by atoms with Crippen molar-refractivity contribution in [3.05, 3.63) is 59.2 Å². The molecule has 3 heteroatoms. The lowest BCUT2D eigenvalue weighted by atomic mass is 10.0. The fourth-order valence-corrected chi connectivity index (χ4v) is 2.18. The van der Waals surface area contributed by atoms with Gasteiger partial charge in [-0.05, 0) is 43.2 Å². The molecule has 2 aromatic rings. The Kier molecular flexibility index (Phi) is 4.64. The first-order valence-electron chi connectivity index (χ1n) is 6.76. The van der Waals surface area contributed by atoms with Gasteiger partial charge in [0.15, 0.2) is 0 Å². The van der Waals surface area contributed by atoms with Crippen molar-refractivity contribution in [2.75, 3.05) is 7.11 Å². The van der Waals surface area contributed by atoms with E-state index in [-0.39, 0.29) is 6.04 Å². The SMILES string of the molecule is COc1cccc(CNC(C)c2ccc(C)cc2O)c1. The quantitative estimate of drug-likeness (QED) is 0.873. The topological polar surface area (TPSA) is 41.5 Å². The Morgan fingerprint density at radius 2 is 2.00 bits per heavy atom. The Bertz CT molecular complexity index is 581. The van der Waals surface area contributed by atoms with E-state index in [1.54, 1.807) is 13.2 Å². The lowest BCUT2D eigenvalue weighted by Crippen LogP contribution is -2.18. The zero-order valence-corrected chi connectivity index (χ0v) is 12.2. The summed E-state index contributed by atoms with van der Waals surface area (Å²) in [4.78, 5) is 0. The molecule has 0 aliphatic rings. The maximum atomic E-state index is 9.98. The van der Waals surface area contributed by atoms with Gasteiger partial charge in [0.1, 0.15) is 11.5 Å². The molecule has 0 amide bonds. The van der Waals surface area contributed by atoms with Crippen LogP contribution in [0.3, 0.4) is 0 Å². The van der Waals surface area contributed by atoms with Gasteiger partial charge in [0.25, 0.3) is 0 Å². The molecule has 20 heavy (non-hydrogen) atoms. The first kappa shape index (κ1) is 14.4. The van der Waals surface area contributed by atoms with E-state index in [1.165, 1.54) is 0 Å². The normalized spacial score (nSPS) is 12.2. The van der Waals surface area contributed by atoms with E-state index >= 15 is 0 Å². The van der Waals surface area contributed by atoms with Crippen LogP contribution < -0.4 is 10.1 Å². The van der Waals surface area contributed by atoms with Gasteiger partial charge in [-0.1, -0.05) is 24.3 Å². The number of hydrogen-bond donors (Lipinski definition) is 2. The largest absolute Gasteiger partial charge is 0.508 e. The van der Waals surface area contributed by atoms with Crippen LogP contribution in [-0.2, 0) is 6.54 Å². The van der Waals surface area contributed by atoms with Crippen molar-refractivity contribution in [1.82, 2.24) is 5.32 Å². The first-order chi connectivity index (χ1) is 9.60. The maximum absolute atomic E-state index is 9.98. The monoisotopic (exact) mass is 271 g/mol. The molecule has 0 aliphatic carbocycles. The molecule has 106 valence electrons. The van der Waals surface area contributed by atoms with Gasteiger partial charge >= 0.3 is 0 Å². The lowest BCUT2D eigenvalue weighted by molar-refractivity contribution is 0.413. The molecular formula is C17H21NO2. The predicted molar refractivity (Wildman–Crippen MR) is 81.1 cm³/mol. The minimum atomic E-state index is 0.0850. The third kappa shape index (κ3) is 3.52. The van der Waals surface area contributed by atoms with E-state index in [0.717, 1.165) is 29.0 Å². The highest BCUT2D eigenvalue weighted by atomic mass is 16.5. The number of methoxy groups -OCH3 is 1. The van der Waals surface area contributed by atoms with Crippen molar-refractivity contribution in [1.29, 1.82) is 0 Å². The van der Waals surface area contributed by atoms with Crippen LogP contribution >= 0.6 is 0 Å². The Balaban J connectivity index is 2.02. The number of aryl methyl sites for hydroxylation is 1. The molecule has 0 aromatic heterocycles. The Morgan fingerprint density at radius 1 is 1.20 bits per heavy atom. The molecule has 3 nitrogen and oxygen atoms in total. The highest BCUT2D eigenvalue weighted by Crippen LogP contribution is 2.25. The van der Waals surface area contributed by atoms with Gasteiger partial charge in [0.2, 0.25) is 0 Å². The average Bonchev–Trinajstić information content (AvgIpc) is 2.45. The second kappa shape index (κ2) is 6.44. The molecule has 0 bridgehead atoms. The molecule has 0 saturated heterocycles. The van der Waals surface area contributed by atoms with Gasteiger partial charge in [-0.3, -0.25) is 0 Å². The van der Waals surface area contributed by atoms with Gasteiger partial charge in [0.05, 0.1) is 7.11 Å². The van der Waals surface area contributed by atoms with Gasteiger partial charge in [0, 0.05) is 18.2 Å². The van der Waals surface area contributed by atoms with Crippen molar-refractivity contribution in [2.24, 2.45) is 0 Å². The molecule has 0 saturated carbocycles. The van der Waals surface area contributed by atoms with Crippen LogP contribution in [0.25, 0.3) is 0 Å². The van der Waals surface area contributed by atoms with Crippen LogP contribution in [0, 0.1) is 6.92 Å². The minimum absolute atomic E-state index is 0.0850. The van der Waals surface area contributed by atoms with Crippen molar-refractivity contribution in [2.45, 2.75) is 26.4 Å². The number of phenols is 1. The first-order valence-corrected chi connectivity index (χ1v) is 6.76. The number of rotatable bonds is 5. The molecule has 2 N–H and O–H groups in total. The summed E-state index contributed by atoms with van der Waals surface area (Å²) in [6, 6.07) is 13.8. The second-order valence-electron chi connectivity index (χ2n) is 5.02. The zero-order valence-electron chi connectivity index (χ0n) is 12.2. The van der Waals surface area contributed by atoms with Gasteiger partial charge in [-0.2, -0.15) is 0 Å². The number of hydrogen-bond acceptors (Lipinski definition) is 3. The molecule has 0 radical (unpaired) electrons. The van der Waals surface area contributed by atoms with E-state index in [4.69, 9.17) is 4.74 Å². The second-order valence-corrected chi connectivity index (χ2v) is 5.02.